The summed E-state index contributed by atoms with van der Waals surface area (Å²) in [5.74, 6) is 0. The third-order valence-electron chi connectivity index (χ3n) is 0.754. The van der Waals surface area contributed by atoms with Crippen LogP contribution in [-0.2, 0) is 0 Å². The summed E-state index contributed by atoms with van der Waals surface area (Å²) < 4.78 is 0. The zero-order chi connectivity index (χ0) is 5.70. The lowest BCUT2D eigenvalue weighted by molar-refractivity contribution is 0.299. The minimum Gasteiger partial charge on any atom is -0.396 e. The number of hydrogen-bond acceptors (Lipinski definition) is 2. The molecule has 0 aliphatic heterocycles. The Bertz CT molecular complexity index is 61.1. The predicted molar refractivity (Wildman–Crippen MR) is 29.9 cm³/mol. The van der Waals surface area contributed by atoms with Crippen LogP contribution < -0.4 is 5.73 Å². The Labute approximate surface area is 43.6 Å². The van der Waals surface area contributed by atoms with E-state index in [1.807, 2.05) is 0 Å². The fourth-order valence-corrected chi connectivity index (χ4v) is 0.260. The molecular weight excluding hydrogens is 90.1 g/mol. The van der Waals surface area contributed by atoms with E-state index >= 15 is 0 Å². The molecule has 0 radical (unpaired) electrons. The molecule has 0 heterocycles. The Morgan fingerprint density at radius 1 is 1.71 bits per heavy atom. The highest BCUT2D eigenvalue weighted by Gasteiger charge is 1.84. The molecule has 0 aromatic heterocycles. The van der Waals surface area contributed by atoms with Gasteiger partial charge in [0.05, 0.1) is 0 Å². The summed E-state index contributed by atoms with van der Waals surface area (Å²) in [4.78, 5) is 0. The van der Waals surface area contributed by atoms with E-state index in [-0.39, 0.29) is 6.61 Å². The van der Waals surface area contributed by atoms with Gasteiger partial charge in [0.25, 0.3) is 0 Å². The van der Waals surface area contributed by atoms with E-state index in [0.29, 0.717) is 13.0 Å². The monoisotopic (exact) mass is 101 g/mol. The van der Waals surface area contributed by atoms with Crippen molar-refractivity contribution in [3.8, 4) is 0 Å². The molecule has 2 heteroatoms. The summed E-state index contributed by atoms with van der Waals surface area (Å²) in [5, 5.41) is 8.25. The second-order valence-electron chi connectivity index (χ2n) is 1.43. The first-order valence-corrected chi connectivity index (χ1v) is 2.29. The van der Waals surface area contributed by atoms with Crippen LogP contribution in [0.1, 0.15) is 6.42 Å². The Morgan fingerprint density at radius 3 is 2.43 bits per heavy atom. The maximum absolute atomic E-state index is 8.25. The minimum atomic E-state index is 0.163. The molecule has 0 atom stereocenters. The number of nitrogens with two attached hydrogens (primary N) is 1. The highest BCUT2D eigenvalue weighted by atomic mass is 16.2. The molecule has 7 heavy (non-hydrogen) atoms. The van der Waals surface area contributed by atoms with Crippen LogP contribution in [0, 0.1) is 0 Å². The Morgan fingerprint density at radius 2 is 2.29 bits per heavy atom. The van der Waals surface area contributed by atoms with Crippen LogP contribution in [0.3, 0.4) is 0 Å². The average molecular weight is 101 g/mol. The Hall–Kier alpha value is -0.340. The van der Waals surface area contributed by atoms with E-state index in [4.69, 9.17) is 10.8 Å². The molecule has 0 amide bonds. The van der Waals surface area contributed by atoms with Gasteiger partial charge >= 0.3 is 0 Å². The van der Waals surface area contributed by atoms with Crippen LogP contribution in [0.4, 0.5) is 0 Å². The van der Waals surface area contributed by atoms with Gasteiger partial charge in [-0.3, -0.25) is 0 Å². The van der Waals surface area contributed by atoms with Gasteiger partial charge in [-0.05, 0) is 6.42 Å². The van der Waals surface area contributed by atoms with Crippen LogP contribution >= 0.6 is 0 Å². The molecular formula is C5H11NO. The first-order chi connectivity index (χ1) is 3.31. The van der Waals surface area contributed by atoms with Gasteiger partial charge in [-0.25, -0.2) is 0 Å². The first kappa shape index (κ1) is 6.66. The van der Waals surface area contributed by atoms with Gasteiger partial charge in [-0.2, -0.15) is 0 Å². The highest BCUT2D eigenvalue weighted by Crippen LogP contribution is 1.90. The van der Waals surface area contributed by atoms with Gasteiger partial charge in [-0.15, -0.1) is 0 Å². The third kappa shape index (κ3) is 3.49. The topological polar surface area (TPSA) is 46.2 Å². The second-order valence-corrected chi connectivity index (χ2v) is 1.43. The van der Waals surface area contributed by atoms with Crippen molar-refractivity contribution < 1.29 is 5.11 Å². The van der Waals surface area contributed by atoms with Crippen molar-refractivity contribution in [3.05, 3.63) is 12.2 Å². The lowest BCUT2D eigenvalue weighted by Gasteiger charge is -1.93. The molecule has 0 rings (SSSR count). The summed E-state index contributed by atoms with van der Waals surface area (Å²) in [6.45, 7) is 4.23. The quantitative estimate of drug-likeness (QED) is 0.487. The van der Waals surface area contributed by atoms with Crippen LogP contribution in [0.15, 0.2) is 12.2 Å². The Kier molecular flexibility index (Phi) is 3.65. The van der Waals surface area contributed by atoms with Gasteiger partial charge in [0.15, 0.2) is 0 Å². The van der Waals surface area contributed by atoms with Crippen molar-refractivity contribution in [2.24, 2.45) is 5.73 Å². The normalized spacial score (nSPS) is 8.86. The smallest absolute Gasteiger partial charge is 0.0468 e. The maximum Gasteiger partial charge on any atom is 0.0468 e. The third-order valence-corrected chi connectivity index (χ3v) is 0.754. The fourth-order valence-electron chi connectivity index (χ4n) is 0.260. The van der Waals surface area contributed by atoms with Crippen molar-refractivity contribution in [3.63, 3.8) is 0 Å². The number of aliphatic hydroxyl groups is 1. The van der Waals surface area contributed by atoms with Crippen LogP contribution in [0.2, 0.25) is 0 Å². The van der Waals surface area contributed by atoms with Crippen molar-refractivity contribution in [2.45, 2.75) is 6.42 Å². The number of aliphatic hydroxyl groups excluding tert-OH is 1. The summed E-state index contributed by atoms with van der Waals surface area (Å²) in [5.41, 5.74) is 6.05. The van der Waals surface area contributed by atoms with E-state index in [2.05, 4.69) is 6.58 Å². The minimum absolute atomic E-state index is 0.163. The number of hydrogen-bond donors (Lipinski definition) is 2. The molecule has 0 fully saturated rings. The molecule has 42 valence electrons. The molecule has 0 aliphatic rings. The molecule has 0 spiro atoms. The van der Waals surface area contributed by atoms with Crippen molar-refractivity contribution >= 4 is 0 Å². The van der Waals surface area contributed by atoms with E-state index in [1.165, 1.54) is 0 Å². The zero-order valence-electron chi connectivity index (χ0n) is 4.35. The van der Waals surface area contributed by atoms with Gasteiger partial charge in [0, 0.05) is 13.2 Å². The van der Waals surface area contributed by atoms with Crippen LogP contribution in [0.25, 0.3) is 0 Å². The molecule has 0 unspecified atom stereocenters. The van der Waals surface area contributed by atoms with Gasteiger partial charge in [0.2, 0.25) is 0 Å². The van der Waals surface area contributed by atoms with Crippen molar-refractivity contribution in [2.75, 3.05) is 13.2 Å². The SMILES string of the molecule is C=C(CN)CCO. The summed E-state index contributed by atoms with van der Waals surface area (Å²) in [6.07, 6.45) is 0.635. The number of rotatable bonds is 3. The maximum atomic E-state index is 8.25. The summed E-state index contributed by atoms with van der Waals surface area (Å²) in [7, 11) is 0. The molecule has 0 aliphatic carbocycles. The first-order valence-electron chi connectivity index (χ1n) is 2.29. The van der Waals surface area contributed by atoms with E-state index in [1.54, 1.807) is 0 Å². The lowest BCUT2D eigenvalue weighted by Crippen LogP contribution is -2.02. The molecule has 0 aromatic rings. The molecule has 0 bridgehead atoms. The summed E-state index contributed by atoms with van der Waals surface area (Å²) in [6, 6.07) is 0. The van der Waals surface area contributed by atoms with Crippen molar-refractivity contribution in [1.29, 1.82) is 0 Å². The summed E-state index contributed by atoms with van der Waals surface area (Å²) >= 11 is 0. The second kappa shape index (κ2) is 3.84. The van der Waals surface area contributed by atoms with Gasteiger partial charge in [-0.1, -0.05) is 12.2 Å². The standard InChI is InChI=1S/C5H11NO/c1-5(4-6)2-3-7/h7H,1-4,6H2. The molecule has 3 N–H and O–H groups in total. The van der Waals surface area contributed by atoms with Crippen LogP contribution in [0.5, 0.6) is 0 Å². The highest BCUT2D eigenvalue weighted by molar-refractivity contribution is 4.94. The lowest BCUT2D eigenvalue weighted by atomic mass is 10.2. The molecule has 0 saturated heterocycles. The van der Waals surface area contributed by atoms with E-state index < -0.39 is 0 Å². The molecule has 2 nitrogen and oxygen atoms in total. The molecule has 0 saturated carbocycles. The average Bonchev–Trinajstić information content (AvgIpc) is 1.68. The fraction of sp³-hybridized carbons (Fsp3) is 0.600. The van der Waals surface area contributed by atoms with E-state index in [0.717, 1.165) is 5.57 Å². The predicted octanol–water partition coefficient (Wildman–Crippen LogP) is -0.116. The van der Waals surface area contributed by atoms with Gasteiger partial charge < -0.3 is 10.8 Å². The van der Waals surface area contributed by atoms with Crippen molar-refractivity contribution in [1.82, 2.24) is 0 Å². The van der Waals surface area contributed by atoms with Gasteiger partial charge in [0.1, 0.15) is 0 Å². The van der Waals surface area contributed by atoms with E-state index in [9.17, 15) is 0 Å². The largest absolute Gasteiger partial charge is 0.396 e. The Balaban J connectivity index is 3.00. The zero-order valence-corrected chi connectivity index (χ0v) is 4.35. The molecule has 0 aromatic carbocycles. The van der Waals surface area contributed by atoms with Crippen LogP contribution in [-0.4, -0.2) is 18.3 Å².